The summed E-state index contributed by atoms with van der Waals surface area (Å²) in [6.45, 7) is 0. The van der Waals surface area contributed by atoms with Crippen LogP contribution in [0.2, 0.25) is 5.02 Å². The summed E-state index contributed by atoms with van der Waals surface area (Å²) in [5.41, 5.74) is 5.44. The molecule has 0 aliphatic heterocycles. The molecule has 1 aromatic heterocycles. The molecule has 6 heteroatoms. The number of aromatic nitrogens is 2. The standard InChI is InChI=1S/C11H8ClN3O2/c12-7-2-1-3-8(4-7)17-11(16)9-5-15-10(13)6-14-9/h1-6H,(H2,13,15). The lowest BCUT2D eigenvalue weighted by atomic mass is 10.3. The molecule has 5 nitrogen and oxygen atoms in total. The van der Waals surface area contributed by atoms with E-state index in [1.165, 1.54) is 18.5 Å². The number of benzene rings is 1. The number of rotatable bonds is 2. The van der Waals surface area contributed by atoms with Crippen molar-refractivity contribution in [3.8, 4) is 5.75 Å². The normalized spacial score (nSPS) is 9.94. The number of hydrogen-bond acceptors (Lipinski definition) is 5. The topological polar surface area (TPSA) is 78.1 Å². The predicted molar refractivity (Wildman–Crippen MR) is 62.9 cm³/mol. The molecule has 0 aliphatic carbocycles. The quantitative estimate of drug-likeness (QED) is 0.650. The molecule has 0 unspecified atom stereocenters. The molecular weight excluding hydrogens is 242 g/mol. The summed E-state index contributed by atoms with van der Waals surface area (Å²) in [6, 6.07) is 6.51. The van der Waals surface area contributed by atoms with Gasteiger partial charge in [0, 0.05) is 5.02 Å². The fourth-order valence-corrected chi connectivity index (χ4v) is 1.31. The van der Waals surface area contributed by atoms with Crippen LogP contribution in [0, 0.1) is 0 Å². The fraction of sp³-hybridized carbons (Fsp3) is 0. The van der Waals surface area contributed by atoms with Crippen molar-refractivity contribution < 1.29 is 9.53 Å². The maximum absolute atomic E-state index is 11.6. The molecule has 0 radical (unpaired) electrons. The van der Waals surface area contributed by atoms with Gasteiger partial charge in [0.2, 0.25) is 0 Å². The molecule has 2 rings (SSSR count). The predicted octanol–water partition coefficient (Wildman–Crippen LogP) is 1.93. The summed E-state index contributed by atoms with van der Waals surface area (Å²) in [6.07, 6.45) is 2.54. The van der Waals surface area contributed by atoms with Crippen LogP contribution in [0.5, 0.6) is 5.75 Å². The highest BCUT2D eigenvalue weighted by Crippen LogP contribution is 2.17. The third-order valence-electron chi connectivity index (χ3n) is 1.89. The smallest absolute Gasteiger partial charge is 0.363 e. The minimum absolute atomic E-state index is 0.0826. The number of hydrogen-bond donors (Lipinski definition) is 1. The maximum Gasteiger partial charge on any atom is 0.363 e. The molecule has 0 fully saturated rings. The molecule has 86 valence electrons. The highest BCUT2D eigenvalue weighted by molar-refractivity contribution is 6.30. The summed E-state index contributed by atoms with van der Waals surface area (Å²) in [7, 11) is 0. The van der Waals surface area contributed by atoms with Crippen molar-refractivity contribution in [1.29, 1.82) is 0 Å². The largest absolute Gasteiger partial charge is 0.422 e. The van der Waals surface area contributed by atoms with Gasteiger partial charge in [-0.15, -0.1) is 0 Å². The second-order valence-corrected chi connectivity index (χ2v) is 3.61. The molecule has 0 bridgehead atoms. The van der Waals surface area contributed by atoms with E-state index < -0.39 is 5.97 Å². The lowest BCUT2D eigenvalue weighted by Gasteiger charge is -2.03. The number of esters is 1. The number of nitrogen functional groups attached to an aromatic ring is 1. The van der Waals surface area contributed by atoms with Gasteiger partial charge in [-0.1, -0.05) is 17.7 Å². The van der Waals surface area contributed by atoms with Crippen molar-refractivity contribution in [2.24, 2.45) is 0 Å². The lowest BCUT2D eigenvalue weighted by Crippen LogP contribution is -2.11. The van der Waals surface area contributed by atoms with Crippen LogP contribution >= 0.6 is 11.6 Å². The van der Waals surface area contributed by atoms with Gasteiger partial charge in [-0.05, 0) is 18.2 Å². The first-order valence-corrected chi connectivity index (χ1v) is 5.08. The van der Waals surface area contributed by atoms with Crippen LogP contribution in [-0.2, 0) is 0 Å². The third-order valence-corrected chi connectivity index (χ3v) is 2.12. The zero-order chi connectivity index (χ0) is 12.3. The Hall–Kier alpha value is -2.14. The minimum Gasteiger partial charge on any atom is -0.422 e. The number of carbonyl (C=O) groups is 1. The van der Waals surface area contributed by atoms with Gasteiger partial charge in [0.05, 0.1) is 12.4 Å². The van der Waals surface area contributed by atoms with Gasteiger partial charge >= 0.3 is 5.97 Å². The number of carbonyl (C=O) groups excluding carboxylic acids is 1. The van der Waals surface area contributed by atoms with Crippen LogP contribution in [0.1, 0.15) is 10.5 Å². The second-order valence-electron chi connectivity index (χ2n) is 3.17. The molecule has 0 saturated heterocycles. The van der Waals surface area contributed by atoms with E-state index in [0.29, 0.717) is 10.8 Å². The van der Waals surface area contributed by atoms with Crippen LogP contribution in [0.25, 0.3) is 0 Å². The lowest BCUT2D eigenvalue weighted by molar-refractivity contribution is 0.0728. The Morgan fingerprint density at radius 1 is 1.29 bits per heavy atom. The molecule has 2 aromatic rings. The van der Waals surface area contributed by atoms with E-state index in [4.69, 9.17) is 22.1 Å². The van der Waals surface area contributed by atoms with Gasteiger partial charge in [-0.2, -0.15) is 0 Å². The van der Waals surface area contributed by atoms with Gasteiger partial charge in [-0.25, -0.2) is 14.8 Å². The van der Waals surface area contributed by atoms with Crippen LogP contribution in [0.15, 0.2) is 36.7 Å². The number of nitrogens with zero attached hydrogens (tertiary/aromatic N) is 2. The average Bonchev–Trinajstić information content (AvgIpc) is 2.29. The number of nitrogens with two attached hydrogens (primary N) is 1. The Kier molecular flexibility index (Phi) is 3.20. The summed E-state index contributed by atoms with van der Waals surface area (Å²) in [5, 5.41) is 0.485. The van der Waals surface area contributed by atoms with Crippen LogP contribution < -0.4 is 10.5 Å². The molecule has 2 N–H and O–H groups in total. The number of anilines is 1. The maximum atomic E-state index is 11.6. The first kappa shape index (κ1) is 11.3. The van der Waals surface area contributed by atoms with Crippen molar-refractivity contribution in [1.82, 2.24) is 9.97 Å². The second kappa shape index (κ2) is 4.80. The molecule has 0 amide bonds. The first-order chi connectivity index (χ1) is 8.15. The Labute approximate surface area is 102 Å². The minimum atomic E-state index is -0.611. The first-order valence-electron chi connectivity index (χ1n) is 4.70. The van der Waals surface area contributed by atoms with Gasteiger partial charge < -0.3 is 10.5 Å². The van der Waals surface area contributed by atoms with Gasteiger partial charge in [0.15, 0.2) is 5.69 Å². The zero-order valence-corrected chi connectivity index (χ0v) is 9.39. The molecule has 0 atom stereocenters. The van der Waals surface area contributed by atoms with Crippen molar-refractivity contribution in [3.05, 3.63) is 47.4 Å². The number of halogens is 1. The molecule has 0 spiro atoms. The molecule has 1 heterocycles. The average molecular weight is 250 g/mol. The van der Waals surface area contributed by atoms with Crippen LogP contribution in [0.3, 0.4) is 0 Å². The summed E-state index contributed by atoms with van der Waals surface area (Å²) >= 11 is 5.76. The van der Waals surface area contributed by atoms with E-state index in [1.54, 1.807) is 18.2 Å². The van der Waals surface area contributed by atoms with E-state index in [9.17, 15) is 4.79 Å². The molecule has 0 saturated carbocycles. The van der Waals surface area contributed by atoms with Crippen molar-refractivity contribution >= 4 is 23.4 Å². The van der Waals surface area contributed by atoms with Gasteiger partial charge in [0.25, 0.3) is 0 Å². The van der Waals surface area contributed by atoms with E-state index in [2.05, 4.69) is 9.97 Å². The Bertz CT molecular complexity index is 543. The van der Waals surface area contributed by atoms with Crippen LogP contribution in [-0.4, -0.2) is 15.9 Å². The van der Waals surface area contributed by atoms with E-state index in [1.807, 2.05) is 0 Å². The van der Waals surface area contributed by atoms with Crippen LogP contribution in [0.4, 0.5) is 5.82 Å². The fourth-order valence-electron chi connectivity index (χ4n) is 1.13. The highest BCUT2D eigenvalue weighted by Gasteiger charge is 2.10. The van der Waals surface area contributed by atoms with Crippen molar-refractivity contribution in [2.45, 2.75) is 0 Å². The van der Waals surface area contributed by atoms with E-state index in [-0.39, 0.29) is 11.5 Å². The monoisotopic (exact) mass is 249 g/mol. The summed E-state index contributed by atoms with van der Waals surface area (Å²) in [4.78, 5) is 19.2. The van der Waals surface area contributed by atoms with Crippen molar-refractivity contribution in [3.63, 3.8) is 0 Å². The molecular formula is C11H8ClN3O2. The Morgan fingerprint density at radius 2 is 2.12 bits per heavy atom. The van der Waals surface area contributed by atoms with Gasteiger partial charge in [-0.3, -0.25) is 0 Å². The zero-order valence-electron chi connectivity index (χ0n) is 8.63. The highest BCUT2D eigenvalue weighted by atomic mass is 35.5. The Morgan fingerprint density at radius 3 is 2.76 bits per heavy atom. The third kappa shape index (κ3) is 2.92. The molecule has 17 heavy (non-hydrogen) atoms. The van der Waals surface area contributed by atoms with E-state index in [0.717, 1.165) is 0 Å². The Balaban J connectivity index is 2.14. The molecule has 0 aliphatic rings. The molecule has 1 aromatic carbocycles. The van der Waals surface area contributed by atoms with Crippen molar-refractivity contribution in [2.75, 3.05) is 5.73 Å². The summed E-state index contributed by atoms with van der Waals surface area (Å²) in [5.74, 6) is -0.0230. The SMILES string of the molecule is Nc1cnc(C(=O)Oc2cccc(Cl)c2)cn1. The summed E-state index contributed by atoms with van der Waals surface area (Å²) < 4.78 is 5.05. The number of ether oxygens (including phenoxy) is 1. The van der Waals surface area contributed by atoms with Gasteiger partial charge in [0.1, 0.15) is 11.6 Å². The van der Waals surface area contributed by atoms with E-state index >= 15 is 0 Å².